The van der Waals surface area contributed by atoms with Gasteiger partial charge in [-0.25, -0.2) is 13.1 Å². The molecule has 0 saturated heterocycles. The maximum Gasteiger partial charge on any atom is 0.264 e. The second kappa shape index (κ2) is 13.9. The summed E-state index contributed by atoms with van der Waals surface area (Å²) in [5.41, 5.74) is 1.98. The van der Waals surface area contributed by atoms with Gasteiger partial charge in [0.15, 0.2) is 0 Å². The standard InChI is InChI=1S/C36H50ClN3O5S/c1-24-9-8-17-36(42,23-38-35(3,4)5)31-15-12-28(31)21-40-18-7-6-10-26-19-30(37)14-11-29(26)22-45-33-16-13-27(20-32(33)40)34(41)39-46(43,44)25(24)2/h8,11,13-14,16-17,19-20,24-25,28,31,38,42H,6-7,9-10,12,15,18,21-23H2,1-5H3,(H,39,41)/b17-8+/t24-,25+,28-,31+,36+/m0/s1. The second-order valence-corrected chi connectivity index (χ2v) is 17.1. The third kappa shape index (κ3) is 8.09. The van der Waals surface area contributed by atoms with Gasteiger partial charge in [0, 0.05) is 35.8 Å². The van der Waals surface area contributed by atoms with E-state index in [2.05, 4.69) is 35.7 Å². The number of allylic oxidation sites excluding steroid dienone is 1. The number of rotatable bonds is 2. The molecule has 1 saturated carbocycles. The highest BCUT2D eigenvalue weighted by atomic mass is 35.5. The number of carbonyl (C=O) groups excluding carboxylic acids is 1. The van der Waals surface area contributed by atoms with Gasteiger partial charge < -0.3 is 20.1 Å². The van der Waals surface area contributed by atoms with E-state index >= 15 is 0 Å². The first-order valence-electron chi connectivity index (χ1n) is 16.7. The minimum atomic E-state index is -3.97. The van der Waals surface area contributed by atoms with Crippen molar-refractivity contribution in [2.75, 3.05) is 24.5 Å². The Morgan fingerprint density at radius 2 is 1.89 bits per heavy atom. The lowest BCUT2D eigenvalue weighted by atomic mass is 9.64. The van der Waals surface area contributed by atoms with Gasteiger partial charge in [-0.3, -0.25) is 4.79 Å². The van der Waals surface area contributed by atoms with Crippen LogP contribution in [0, 0.1) is 17.8 Å². The lowest BCUT2D eigenvalue weighted by Gasteiger charge is -2.49. The van der Waals surface area contributed by atoms with Crippen molar-refractivity contribution >= 4 is 33.2 Å². The van der Waals surface area contributed by atoms with Crippen LogP contribution in [0.25, 0.3) is 0 Å². The molecule has 5 atom stereocenters. The molecule has 5 rings (SSSR count). The minimum Gasteiger partial charge on any atom is -0.487 e. The number of amides is 1. The Bertz CT molecular complexity index is 1560. The van der Waals surface area contributed by atoms with Crippen molar-refractivity contribution in [1.29, 1.82) is 0 Å². The predicted molar refractivity (Wildman–Crippen MR) is 185 cm³/mol. The number of anilines is 1. The van der Waals surface area contributed by atoms with E-state index in [4.69, 9.17) is 16.3 Å². The molecule has 1 aliphatic carbocycles. The van der Waals surface area contributed by atoms with Gasteiger partial charge in [0.05, 0.1) is 16.5 Å². The average molecular weight is 672 g/mol. The Hall–Kier alpha value is -2.59. The topological polar surface area (TPSA) is 108 Å². The van der Waals surface area contributed by atoms with Crippen molar-refractivity contribution in [2.24, 2.45) is 17.8 Å². The summed E-state index contributed by atoms with van der Waals surface area (Å²) >= 11 is 6.34. The van der Waals surface area contributed by atoms with E-state index in [0.717, 1.165) is 49.9 Å². The number of hydrogen-bond donors (Lipinski definition) is 3. The van der Waals surface area contributed by atoms with E-state index in [1.165, 1.54) is 5.56 Å². The molecule has 1 fully saturated rings. The third-order valence-corrected chi connectivity index (χ3v) is 12.2. The summed E-state index contributed by atoms with van der Waals surface area (Å²) in [5.74, 6) is -0.0647. The van der Waals surface area contributed by atoms with Crippen LogP contribution in [0.1, 0.15) is 88.2 Å². The Labute approximate surface area is 280 Å². The van der Waals surface area contributed by atoms with Crippen LogP contribution in [-0.2, 0) is 23.1 Å². The highest BCUT2D eigenvalue weighted by molar-refractivity contribution is 7.90. The lowest BCUT2D eigenvalue weighted by Crippen LogP contribution is -2.56. The molecule has 46 heavy (non-hydrogen) atoms. The molecule has 2 bridgehead atoms. The van der Waals surface area contributed by atoms with E-state index in [1.54, 1.807) is 25.1 Å². The molecule has 0 unspecified atom stereocenters. The molecule has 3 aliphatic rings. The number of sulfonamides is 1. The quantitative estimate of drug-likeness (QED) is 0.324. The first-order chi connectivity index (χ1) is 21.6. The fourth-order valence-electron chi connectivity index (χ4n) is 6.79. The molecule has 1 amide bonds. The van der Waals surface area contributed by atoms with Crippen molar-refractivity contribution < 1.29 is 23.1 Å². The molecular formula is C36H50ClN3O5S. The summed E-state index contributed by atoms with van der Waals surface area (Å²) in [7, 11) is -3.97. The Kier molecular flexibility index (Phi) is 10.5. The molecule has 10 heteroatoms. The molecule has 2 heterocycles. The van der Waals surface area contributed by atoms with Gasteiger partial charge in [-0.2, -0.15) is 0 Å². The molecular weight excluding hydrogens is 622 g/mol. The highest BCUT2D eigenvalue weighted by Crippen LogP contribution is 2.45. The number of fused-ring (bicyclic) bond motifs is 3. The Morgan fingerprint density at radius 3 is 2.61 bits per heavy atom. The summed E-state index contributed by atoms with van der Waals surface area (Å²) in [4.78, 5) is 15.7. The number of nitrogens with zero attached hydrogens (tertiary/aromatic N) is 1. The maximum atomic E-state index is 13.4. The zero-order chi connectivity index (χ0) is 33.3. The van der Waals surface area contributed by atoms with Crippen LogP contribution in [0.3, 0.4) is 0 Å². The number of carbonyl (C=O) groups is 1. The van der Waals surface area contributed by atoms with Gasteiger partial charge in [0.2, 0.25) is 10.0 Å². The zero-order valence-corrected chi connectivity index (χ0v) is 29.4. The van der Waals surface area contributed by atoms with Crippen molar-refractivity contribution in [3.8, 4) is 5.75 Å². The molecule has 252 valence electrons. The van der Waals surface area contributed by atoms with E-state index in [9.17, 15) is 18.3 Å². The van der Waals surface area contributed by atoms with Gasteiger partial charge in [-0.1, -0.05) is 36.7 Å². The highest BCUT2D eigenvalue weighted by Gasteiger charge is 2.46. The van der Waals surface area contributed by atoms with Crippen LogP contribution in [0.5, 0.6) is 5.75 Å². The number of benzene rings is 2. The summed E-state index contributed by atoms with van der Waals surface area (Å²) in [5, 5.41) is 15.7. The number of halogens is 1. The SMILES string of the molecule is C[C@@H]1[C@@H](C)C/C=C/[C@@](O)(CNC(C)(C)C)[C@@H]2CC[C@H]2CN2CCCCc3cc(Cl)ccc3COc3ccc(cc32)C(=O)NS1(=O)=O. The van der Waals surface area contributed by atoms with Gasteiger partial charge in [-0.05, 0) is 125 Å². The fraction of sp³-hybridized carbons (Fsp3) is 0.583. The van der Waals surface area contributed by atoms with E-state index in [1.807, 2.05) is 37.3 Å². The van der Waals surface area contributed by atoms with Crippen LogP contribution < -0.4 is 19.7 Å². The van der Waals surface area contributed by atoms with Crippen LogP contribution >= 0.6 is 11.6 Å². The summed E-state index contributed by atoms with van der Waals surface area (Å²) < 4.78 is 35.5. The average Bonchev–Trinajstić information content (AvgIpc) is 3.00. The summed E-state index contributed by atoms with van der Waals surface area (Å²) in [6.45, 7) is 11.9. The summed E-state index contributed by atoms with van der Waals surface area (Å²) in [6.07, 6.45) is 8.89. The van der Waals surface area contributed by atoms with E-state index < -0.39 is 26.8 Å². The van der Waals surface area contributed by atoms with Crippen molar-refractivity contribution in [2.45, 2.75) is 96.1 Å². The monoisotopic (exact) mass is 671 g/mol. The van der Waals surface area contributed by atoms with Crippen LogP contribution in [0.15, 0.2) is 48.6 Å². The number of nitrogens with one attached hydrogen (secondary N) is 2. The van der Waals surface area contributed by atoms with Crippen molar-refractivity contribution in [3.63, 3.8) is 0 Å². The molecule has 0 aromatic heterocycles. The fourth-order valence-corrected chi connectivity index (χ4v) is 8.27. The second-order valence-electron chi connectivity index (χ2n) is 14.6. The van der Waals surface area contributed by atoms with Gasteiger partial charge >= 0.3 is 0 Å². The van der Waals surface area contributed by atoms with Gasteiger partial charge in [0.1, 0.15) is 12.4 Å². The zero-order valence-electron chi connectivity index (χ0n) is 27.8. The Morgan fingerprint density at radius 1 is 1.11 bits per heavy atom. The predicted octanol–water partition coefficient (Wildman–Crippen LogP) is 6.25. The van der Waals surface area contributed by atoms with Gasteiger partial charge in [0.25, 0.3) is 5.91 Å². The van der Waals surface area contributed by atoms with Crippen LogP contribution in [-0.4, -0.2) is 55.5 Å². The lowest BCUT2D eigenvalue weighted by molar-refractivity contribution is -0.0466. The first-order valence-corrected chi connectivity index (χ1v) is 18.6. The number of aliphatic hydroxyl groups is 1. The van der Waals surface area contributed by atoms with Crippen LogP contribution in [0.4, 0.5) is 5.69 Å². The third-order valence-electron chi connectivity index (χ3n) is 10.1. The molecule has 2 aromatic rings. The first kappa shape index (κ1) is 34.7. The largest absolute Gasteiger partial charge is 0.487 e. The minimum absolute atomic E-state index is 0.0170. The number of β-amino-alcohol motifs (C(OH)–C–C–N with tert-alkyl or cyclic N) is 1. The molecule has 2 aliphatic heterocycles. The van der Waals surface area contributed by atoms with Crippen LogP contribution in [0.2, 0.25) is 5.02 Å². The molecule has 2 aromatic carbocycles. The molecule has 0 spiro atoms. The maximum absolute atomic E-state index is 13.4. The van der Waals surface area contributed by atoms with E-state index in [-0.39, 0.29) is 28.9 Å². The Balaban J connectivity index is 1.56. The van der Waals surface area contributed by atoms with E-state index in [0.29, 0.717) is 36.9 Å². The molecule has 8 nitrogen and oxygen atoms in total. The normalized spacial score (nSPS) is 29.5. The number of aryl methyl sites for hydroxylation is 1. The van der Waals surface area contributed by atoms with Crippen molar-refractivity contribution in [1.82, 2.24) is 10.0 Å². The number of ether oxygens (including phenoxy) is 1. The molecule has 0 radical (unpaired) electrons. The summed E-state index contributed by atoms with van der Waals surface area (Å²) in [6, 6.07) is 11.1. The molecule has 3 N–H and O–H groups in total. The smallest absolute Gasteiger partial charge is 0.264 e. The van der Waals surface area contributed by atoms with Crippen molar-refractivity contribution in [3.05, 3.63) is 70.3 Å². The van der Waals surface area contributed by atoms with Gasteiger partial charge in [-0.15, -0.1) is 0 Å². The number of hydrogen-bond acceptors (Lipinski definition) is 7.